The quantitative estimate of drug-likeness (QED) is 0.776. The fourth-order valence-corrected chi connectivity index (χ4v) is 2.47. The summed E-state index contributed by atoms with van der Waals surface area (Å²) >= 11 is 23.3. The molecule has 0 unspecified atom stereocenters. The number of hydrogen-bond acceptors (Lipinski definition) is 2. The van der Waals surface area contributed by atoms with Gasteiger partial charge in [-0.15, -0.1) is 0 Å². The van der Waals surface area contributed by atoms with E-state index in [1.807, 2.05) is 0 Å². The second-order valence-electron chi connectivity index (χ2n) is 3.86. The molecule has 2 aromatic carbocycles. The predicted molar refractivity (Wildman–Crippen MR) is 82.5 cm³/mol. The third-order valence-corrected chi connectivity index (χ3v) is 3.51. The molecule has 7 heteroatoms. The van der Waals surface area contributed by atoms with Crippen LogP contribution in [0.5, 0.6) is 5.75 Å². The number of hydrogen-bond donors (Lipinski definition) is 2. The van der Waals surface area contributed by atoms with Gasteiger partial charge < -0.3 is 10.4 Å². The fraction of sp³-hybridized carbons (Fsp3) is 0. The van der Waals surface area contributed by atoms with Crippen molar-refractivity contribution in [1.29, 1.82) is 0 Å². The van der Waals surface area contributed by atoms with Gasteiger partial charge in [-0.25, -0.2) is 0 Å². The first-order valence-electron chi connectivity index (χ1n) is 5.33. The van der Waals surface area contributed by atoms with Crippen molar-refractivity contribution in [2.24, 2.45) is 0 Å². The molecule has 1 amide bonds. The van der Waals surface area contributed by atoms with Gasteiger partial charge in [0.15, 0.2) is 0 Å². The average molecular weight is 351 g/mol. The molecule has 0 aliphatic heterocycles. The van der Waals surface area contributed by atoms with Crippen molar-refractivity contribution in [3.05, 3.63) is 56.0 Å². The van der Waals surface area contributed by atoms with Crippen molar-refractivity contribution in [2.75, 3.05) is 5.32 Å². The lowest BCUT2D eigenvalue weighted by molar-refractivity contribution is 0.102. The van der Waals surface area contributed by atoms with Gasteiger partial charge in [-0.1, -0.05) is 46.4 Å². The van der Waals surface area contributed by atoms with Gasteiger partial charge in [-0.05, 0) is 30.3 Å². The van der Waals surface area contributed by atoms with E-state index in [2.05, 4.69) is 5.32 Å². The summed E-state index contributed by atoms with van der Waals surface area (Å²) in [6.07, 6.45) is 0. The zero-order valence-electron chi connectivity index (χ0n) is 9.75. The Balaban J connectivity index is 2.33. The second kappa shape index (κ2) is 6.10. The highest BCUT2D eigenvalue weighted by Crippen LogP contribution is 2.32. The van der Waals surface area contributed by atoms with E-state index in [1.54, 1.807) is 12.1 Å². The van der Waals surface area contributed by atoms with Gasteiger partial charge in [0, 0.05) is 10.0 Å². The number of phenolic OH excluding ortho intramolecular Hbond substituents is 1. The number of aromatic hydroxyl groups is 1. The first-order valence-corrected chi connectivity index (χ1v) is 6.84. The van der Waals surface area contributed by atoms with Crippen LogP contribution < -0.4 is 5.32 Å². The Kier molecular flexibility index (Phi) is 4.66. The molecule has 0 aliphatic carbocycles. The summed E-state index contributed by atoms with van der Waals surface area (Å²) in [5.74, 6) is -0.935. The standard InChI is InChI=1S/C13H7Cl4NO2/c14-6-1-2-11(9(16)4-6)18-13(20)8-3-7(15)5-10(17)12(8)19/h1-5,19H,(H,18,20). The van der Waals surface area contributed by atoms with Crippen LogP contribution in [-0.4, -0.2) is 11.0 Å². The maximum absolute atomic E-state index is 12.1. The van der Waals surface area contributed by atoms with E-state index in [-0.39, 0.29) is 26.4 Å². The second-order valence-corrected chi connectivity index (χ2v) is 5.55. The van der Waals surface area contributed by atoms with Crippen LogP contribution in [0.1, 0.15) is 10.4 Å². The maximum Gasteiger partial charge on any atom is 0.259 e. The van der Waals surface area contributed by atoms with Gasteiger partial charge in [-0.3, -0.25) is 4.79 Å². The molecule has 3 nitrogen and oxygen atoms in total. The third kappa shape index (κ3) is 3.30. The van der Waals surface area contributed by atoms with Crippen LogP contribution in [0.3, 0.4) is 0 Å². The van der Waals surface area contributed by atoms with Gasteiger partial charge in [-0.2, -0.15) is 0 Å². The Morgan fingerprint density at radius 2 is 1.60 bits per heavy atom. The summed E-state index contributed by atoms with van der Waals surface area (Å²) < 4.78 is 0. The smallest absolute Gasteiger partial charge is 0.259 e. The molecule has 0 saturated carbocycles. The van der Waals surface area contributed by atoms with Crippen LogP contribution in [0, 0.1) is 0 Å². The van der Waals surface area contributed by atoms with Crippen LogP contribution >= 0.6 is 46.4 Å². The first kappa shape index (κ1) is 15.3. The molecule has 0 radical (unpaired) electrons. The lowest BCUT2D eigenvalue weighted by atomic mass is 10.2. The molecule has 0 fully saturated rings. The number of halogens is 4. The van der Waals surface area contributed by atoms with E-state index in [0.717, 1.165) is 0 Å². The average Bonchev–Trinajstić information content (AvgIpc) is 2.37. The number of nitrogens with one attached hydrogen (secondary N) is 1. The molecule has 2 rings (SSSR count). The number of amides is 1. The Hall–Kier alpha value is -1.13. The minimum atomic E-state index is -0.587. The summed E-state index contributed by atoms with van der Waals surface area (Å²) in [4.78, 5) is 12.1. The van der Waals surface area contributed by atoms with Crippen LogP contribution in [0.2, 0.25) is 20.1 Å². The van der Waals surface area contributed by atoms with Crippen LogP contribution in [-0.2, 0) is 0 Å². The Bertz CT molecular complexity index is 688. The molecule has 2 aromatic rings. The minimum absolute atomic E-state index is 0.00940. The van der Waals surface area contributed by atoms with E-state index in [0.29, 0.717) is 10.7 Å². The summed E-state index contributed by atoms with van der Waals surface area (Å²) in [5, 5.41) is 13.3. The fourth-order valence-electron chi connectivity index (χ4n) is 1.52. The van der Waals surface area contributed by atoms with Crippen LogP contribution in [0.4, 0.5) is 5.69 Å². The van der Waals surface area contributed by atoms with Crippen LogP contribution in [0.15, 0.2) is 30.3 Å². The van der Waals surface area contributed by atoms with Gasteiger partial charge in [0.25, 0.3) is 5.91 Å². The largest absolute Gasteiger partial charge is 0.506 e. The molecular formula is C13H7Cl4NO2. The Morgan fingerprint density at radius 3 is 2.25 bits per heavy atom. The lowest BCUT2D eigenvalue weighted by Gasteiger charge is -2.10. The van der Waals surface area contributed by atoms with Crippen molar-refractivity contribution < 1.29 is 9.90 Å². The number of benzene rings is 2. The highest BCUT2D eigenvalue weighted by molar-refractivity contribution is 6.38. The van der Waals surface area contributed by atoms with Crippen LogP contribution in [0.25, 0.3) is 0 Å². The molecule has 0 saturated heterocycles. The molecule has 0 bridgehead atoms. The number of rotatable bonds is 2. The highest BCUT2D eigenvalue weighted by atomic mass is 35.5. The number of carbonyl (C=O) groups is 1. The molecule has 0 spiro atoms. The van der Waals surface area contributed by atoms with E-state index in [9.17, 15) is 9.90 Å². The first-order chi connectivity index (χ1) is 9.38. The maximum atomic E-state index is 12.1. The topological polar surface area (TPSA) is 49.3 Å². The van der Waals surface area contributed by atoms with E-state index in [4.69, 9.17) is 46.4 Å². The van der Waals surface area contributed by atoms with E-state index < -0.39 is 5.91 Å². The molecule has 104 valence electrons. The molecule has 20 heavy (non-hydrogen) atoms. The van der Waals surface area contributed by atoms with Gasteiger partial charge in [0.1, 0.15) is 5.75 Å². The van der Waals surface area contributed by atoms with Crippen molar-refractivity contribution in [2.45, 2.75) is 0 Å². The van der Waals surface area contributed by atoms with Gasteiger partial charge in [0.05, 0.1) is 21.3 Å². The van der Waals surface area contributed by atoms with Gasteiger partial charge in [0.2, 0.25) is 0 Å². The molecule has 0 aliphatic rings. The minimum Gasteiger partial charge on any atom is -0.506 e. The number of anilines is 1. The molecule has 0 aromatic heterocycles. The van der Waals surface area contributed by atoms with Crippen molar-refractivity contribution in [3.8, 4) is 5.75 Å². The summed E-state index contributed by atoms with van der Waals surface area (Å²) in [6.45, 7) is 0. The summed E-state index contributed by atoms with van der Waals surface area (Å²) in [5.41, 5.74) is 0.310. The van der Waals surface area contributed by atoms with E-state index in [1.165, 1.54) is 18.2 Å². The third-order valence-electron chi connectivity index (χ3n) is 2.45. The van der Waals surface area contributed by atoms with Crippen molar-refractivity contribution in [3.63, 3.8) is 0 Å². The monoisotopic (exact) mass is 349 g/mol. The normalized spacial score (nSPS) is 10.4. The Labute approximate surface area is 135 Å². The summed E-state index contributed by atoms with van der Waals surface area (Å²) in [6, 6.07) is 7.26. The highest BCUT2D eigenvalue weighted by Gasteiger charge is 2.16. The van der Waals surface area contributed by atoms with E-state index >= 15 is 0 Å². The predicted octanol–water partition coefficient (Wildman–Crippen LogP) is 5.26. The zero-order chi connectivity index (χ0) is 14.9. The van der Waals surface area contributed by atoms with Crippen molar-refractivity contribution >= 4 is 58.0 Å². The molecule has 0 heterocycles. The number of carbonyl (C=O) groups excluding carboxylic acids is 1. The molecule has 2 N–H and O–H groups in total. The Morgan fingerprint density at radius 1 is 0.950 bits per heavy atom. The molecule has 0 atom stereocenters. The SMILES string of the molecule is O=C(Nc1ccc(Cl)cc1Cl)c1cc(Cl)cc(Cl)c1O. The van der Waals surface area contributed by atoms with Gasteiger partial charge >= 0.3 is 0 Å². The lowest BCUT2D eigenvalue weighted by Crippen LogP contribution is -2.12. The van der Waals surface area contributed by atoms with Crippen molar-refractivity contribution in [1.82, 2.24) is 0 Å². The molecular weight excluding hydrogens is 344 g/mol. The summed E-state index contributed by atoms with van der Waals surface area (Å²) in [7, 11) is 0. The number of phenols is 1. The zero-order valence-corrected chi connectivity index (χ0v) is 12.8.